The lowest BCUT2D eigenvalue weighted by molar-refractivity contribution is 0.0955. The van der Waals surface area contributed by atoms with E-state index in [2.05, 4.69) is 25.7 Å². The van der Waals surface area contributed by atoms with Gasteiger partial charge >= 0.3 is 0 Å². The van der Waals surface area contributed by atoms with E-state index in [9.17, 15) is 4.79 Å². The van der Waals surface area contributed by atoms with Crippen molar-refractivity contribution in [2.24, 2.45) is 0 Å². The Balaban J connectivity index is 1.45. The molecule has 0 aliphatic carbocycles. The lowest BCUT2D eigenvalue weighted by Crippen LogP contribution is -2.36. The number of hydrogen-bond donors (Lipinski definition) is 2. The highest BCUT2D eigenvalue weighted by molar-refractivity contribution is 6.30. The second-order valence-corrected chi connectivity index (χ2v) is 6.02. The van der Waals surface area contributed by atoms with Crippen LogP contribution in [0.1, 0.15) is 10.4 Å². The number of carbonyl (C=O) groups is 1. The van der Waals surface area contributed by atoms with Crippen molar-refractivity contribution in [2.75, 3.05) is 49.6 Å². The average Bonchev–Trinajstić information content (AvgIpc) is 2.66. The highest BCUT2D eigenvalue weighted by Gasteiger charge is 2.12. The first kappa shape index (κ1) is 17.4. The number of morpholine rings is 1. The van der Waals surface area contributed by atoms with E-state index in [1.165, 1.54) is 0 Å². The van der Waals surface area contributed by atoms with Gasteiger partial charge in [0.15, 0.2) is 5.82 Å². The van der Waals surface area contributed by atoms with Gasteiger partial charge in [0.2, 0.25) is 0 Å². The van der Waals surface area contributed by atoms with Gasteiger partial charge in [-0.2, -0.15) is 5.10 Å². The maximum atomic E-state index is 12.0. The maximum Gasteiger partial charge on any atom is 0.251 e. The number of aromatic nitrogens is 2. The van der Waals surface area contributed by atoms with Gasteiger partial charge in [-0.3, -0.25) is 4.79 Å². The molecular weight excluding hydrogens is 342 g/mol. The molecule has 8 heteroatoms. The molecule has 7 nitrogen and oxygen atoms in total. The second-order valence-electron chi connectivity index (χ2n) is 5.59. The van der Waals surface area contributed by atoms with Gasteiger partial charge in [-0.15, -0.1) is 5.10 Å². The number of benzene rings is 1. The van der Waals surface area contributed by atoms with Crippen molar-refractivity contribution in [2.45, 2.75) is 0 Å². The summed E-state index contributed by atoms with van der Waals surface area (Å²) < 4.78 is 5.36. The smallest absolute Gasteiger partial charge is 0.251 e. The van der Waals surface area contributed by atoms with E-state index in [-0.39, 0.29) is 5.91 Å². The molecule has 0 saturated carbocycles. The van der Waals surface area contributed by atoms with Crippen LogP contribution in [0.2, 0.25) is 5.02 Å². The third-order valence-electron chi connectivity index (χ3n) is 3.84. The predicted octanol–water partition coefficient (Wildman–Crippen LogP) is 1.81. The molecule has 1 aromatic heterocycles. The molecule has 1 aromatic carbocycles. The number of hydrogen-bond acceptors (Lipinski definition) is 6. The van der Waals surface area contributed by atoms with E-state index >= 15 is 0 Å². The Morgan fingerprint density at radius 3 is 2.72 bits per heavy atom. The van der Waals surface area contributed by atoms with Gasteiger partial charge in [0.05, 0.1) is 25.1 Å². The van der Waals surface area contributed by atoms with E-state index in [0.717, 1.165) is 32.0 Å². The van der Waals surface area contributed by atoms with Crippen LogP contribution >= 0.6 is 11.6 Å². The van der Waals surface area contributed by atoms with Gasteiger partial charge in [0.25, 0.3) is 5.91 Å². The van der Waals surface area contributed by atoms with Gasteiger partial charge in [-0.1, -0.05) is 11.6 Å². The summed E-state index contributed by atoms with van der Waals surface area (Å²) in [6, 6.07) is 8.74. The summed E-state index contributed by atoms with van der Waals surface area (Å²) in [4.78, 5) is 14.2. The first-order valence-corrected chi connectivity index (χ1v) is 8.53. The van der Waals surface area contributed by atoms with Crippen LogP contribution in [0, 0.1) is 0 Å². The summed E-state index contributed by atoms with van der Waals surface area (Å²) in [5.41, 5.74) is 1.60. The first-order chi connectivity index (χ1) is 12.2. The van der Waals surface area contributed by atoms with Crippen molar-refractivity contribution < 1.29 is 9.53 Å². The molecular formula is C17H20ClN5O2. The first-order valence-electron chi connectivity index (χ1n) is 8.15. The number of rotatable bonds is 6. The normalized spacial score (nSPS) is 14.2. The minimum Gasteiger partial charge on any atom is -0.378 e. The van der Waals surface area contributed by atoms with Crippen molar-refractivity contribution in [1.29, 1.82) is 0 Å². The fourth-order valence-electron chi connectivity index (χ4n) is 2.51. The van der Waals surface area contributed by atoms with Crippen molar-refractivity contribution in [3.8, 4) is 0 Å². The van der Waals surface area contributed by atoms with Crippen molar-refractivity contribution in [3.05, 3.63) is 47.1 Å². The Morgan fingerprint density at radius 2 is 1.96 bits per heavy atom. The van der Waals surface area contributed by atoms with Crippen molar-refractivity contribution in [3.63, 3.8) is 0 Å². The fourth-order valence-corrected chi connectivity index (χ4v) is 2.63. The minimum atomic E-state index is -0.133. The molecule has 25 heavy (non-hydrogen) atoms. The van der Waals surface area contributed by atoms with E-state index in [1.807, 2.05) is 6.07 Å². The van der Waals surface area contributed by atoms with Crippen LogP contribution < -0.4 is 15.5 Å². The average molecular weight is 362 g/mol. The molecule has 1 fully saturated rings. The molecule has 0 spiro atoms. The van der Waals surface area contributed by atoms with E-state index in [4.69, 9.17) is 16.3 Å². The molecule has 3 rings (SSSR count). The number of ether oxygens (including phenoxy) is 1. The highest BCUT2D eigenvalue weighted by Crippen LogP contribution is 2.16. The molecule has 2 heterocycles. The summed E-state index contributed by atoms with van der Waals surface area (Å²) in [6.07, 6.45) is 1.75. The molecule has 0 radical (unpaired) electrons. The minimum absolute atomic E-state index is 0.133. The molecule has 2 aromatic rings. The number of nitrogens with zero attached hydrogens (tertiary/aromatic N) is 3. The van der Waals surface area contributed by atoms with Gasteiger partial charge in [0.1, 0.15) is 0 Å². The summed E-state index contributed by atoms with van der Waals surface area (Å²) in [7, 11) is 0. The zero-order chi connectivity index (χ0) is 17.5. The topological polar surface area (TPSA) is 79.4 Å². The molecule has 0 atom stereocenters. The number of amides is 1. The summed E-state index contributed by atoms with van der Waals surface area (Å²) in [6.45, 7) is 4.18. The van der Waals surface area contributed by atoms with Crippen LogP contribution in [0.4, 0.5) is 11.5 Å². The Kier molecular flexibility index (Phi) is 6.03. The van der Waals surface area contributed by atoms with Crippen LogP contribution in [-0.2, 0) is 4.74 Å². The summed E-state index contributed by atoms with van der Waals surface area (Å²) in [5, 5.41) is 14.7. The summed E-state index contributed by atoms with van der Waals surface area (Å²) in [5.74, 6) is 0.552. The SMILES string of the molecule is O=C(NCCNc1cc(N2CCOCC2)cnn1)c1ccc(Cl)cc1. The molecule has 0 bridgehead atoms. The number of nitrogens with one attached hydrogen (secondary N) is 2. The Labute approximate surface area is 151 Å². The maximum absolute atomic E-state index is 12.0. The molecule has 1 saturated heterocycles. The van der Waals surface area contributed by atoms with Gasteiger partial charge in [0, 0.05) is 42.8 Å². The number of anilines is 2. The summed E-state index contributed by atoms with van der Waals surface area (Å²) >= 11 is 5.81. The van der Waals surface area contributed by atoms with Gasteiger partial charge in [-0.05, 0) is 24.3 Å². The van der Waals surface area contributed by atoms with Gasteiger partial charge in [-0.25, -0.2) is 0 Å². The number of carbonyl (C=O) groups excluding carboxylic acids is 1. The van der Waals surface area contributed by atoms with Crippen LogP contribution in [0.25, 0.3) is 0 Å². The zero-order valence-corrected chi connectivity index (χ0v) is 14.5. The Hall–Kier alpha value is -2.38. The van der Waals surface area contributed by atoms with Crippen molar-refractivity contribution >= 4 is 29.0 Å². The largest absolute Gasteiger partial charge is 0.378 e. The molecule has 1 aliphatic heterocycles. The lowest BCUT2D eigenvalue weighted by Gasteiger charge is -2.28. The standard InChI is InChI=1S/C17H20ClN5O2/c18-14-3-1-13(2-4-14)17(24)20-6-5-19-16-11-15(12-21-22-16)23-7-9-25-10-8-23/h1-4,11-12H,5-10H2,(H,19,22)(H,20,24). The van der Waals surface area contributed by atoms with Crippen LogP contribution in [0.15, 0.2) is 36.5 Å². The highest BCUT2D eigenvalue weighted by atomic mass is 35.5. The van der Waals surface area contributed by atoms with Crippen LogP contribution in [0.5, 0.6) is 0 Å². The molecule has 132 valence electrons. The Morgan fingerprint density at radius 1 is 1.20 bits per heavy atom. The van der Waals surface area contributed by atoms with E-state index in [0.29, 0.717) is 29.5 Å². The zero-order valence-electron chi connectivity index (χ0n) is 13.7. The Bertz CT molecular complexity index is 704. The van der Waals surface area contributed by atoms with Crippen LogP contribution in [-0.4, -0.2) is 55.5 Å². The second kappa shape index (κ2) is 8.64. The van der Waals surface area contributed by atoms with E-state index < -0.39 is 0 Å². The number of halogens is 1. The lowest BCUT2D eigenvalue weighted by atomic mass is 10.2. The quantitative estimate of drug-likeness (QED) is 0.764. The van der Waals surface area contributed by atoms with Crippen molar-refractivity contribution in [1.82, 2.24) is 15.5 Å². The predicted molar refractivity (Wildman–Crippen MR) is 97.3 cm³/mol. The van der Waals surface area contributed by atoms with Gasteiger partial charge < -0.3 is 20.3 Å². The fraction of sp³-hybridized carbons (Fsp3) is 0.353. The molecule has 1 amide bonds. The molecule has 0 unspecified atom stereocenters. The van der Waals surface area contributed by atoms with E-state index in [1.54, 1.807) is 30.5 Å². The van der Waals surface area contributed by atoms with Crippen LogP contribution in [0.3, 0.4) is 0 Å². The molecule has 2 N–H and O–H groups in total. The third-order valence-corrected chi connectivity index (χ3v) is 4.09. The third kappa shape index (κ3) is 5.04. The molecule has 1 aliphatic rings. The monoisotopic (exact) mass is 361 g/mol.